The van der Waals surface area contributed by atoms with E-state index in [1.165, 1.54) is 17.0 Å². The fourth-order valence-corrected chi connectivity index (χ4v) is 3.82. The number of rotatable bonds is 5. The lowest BCUT2D eigenvalue weighted by molar-refractivity contribution is -0.131. The molecule has 3 rings (SSSR count). The van der Waals surface area contributed by atoms with Crippen molar-refractivity contribution in [1.82, 2.24) is 10.2 Å². The maximum Gasteiger partial charge on any atom is 0.261 e. The number of amides is 2. The number of benzene rings is 1. The Morgan fingerprint density at radius 2 is 1.80 bits per heavy atom. The molecule has 2 aromatic rings. The van der Waals surface area contributed by atoms with E-state index in [0.717, 1.165) is 36.6 Å². The first-order valence-electron chi connectivity index (χ1n) is 8.55. The van der Waals surface area contributed by atoms with Gasteiger partial charge in [0.25, 0.3) is 5.91 Å². The second kappa shape index (κ2) is 8.16. The minimum atomic E-state index is -0.0887. The van der Waals surface area contributed by atoms with Gasteiger partial charge in [0, 0.05) is 44.8 Å². The largest absolute Gasteiger partial charge is 0.368 e. The summed E-state index contributed by atoms with van der Waals surface area (Å²) in [6.07, 6.45) is 0.349. The fraction of sp³-hybridized carbons (Fsp3) is 0.368. The maximum atomic E-state index is 12.3. The number of nitrogens with zero attached hydrogens (tertiary/aromatic N) is 2. The Balaban J connectivity index is 1.41. The number of hydrogen-bond acceptors (Lipinski definition) is 4. The van der Waals surface area contributed by atoms with Crippen molar-refractivity contribution in [1.29, 1.82) is 0 Å². The molecule has 0 atom stereocenters. The highest BCUT2D eigenvalue weighted by Gasteiger charge is 2.21. The number of hydrogen-bond donors (Lipinski definition) is 1. The summed E-state index contributed by atoms with van der Waals surface area (Å²) in [5, 5.41) is 4.75. The number of anilines is 1. The molecule has 1 N–H and O–H groups in total. The van der Waals surface area contributed by atoms with Crippen LogP contribution >= 0.6 is 11.3 Å². The molecule has 1 fully saturated rings. The van der Waals surface area contributed by atoms with Crippen LogP contribution < -0.4 is 10.2 Å². The van der Waals surface area contributed by atoms with Crippen LogP contribution in [0.4, 0.5) is 5.69 Å². The Morgan fingerprint density at radius 3 is 2.44 bits per heavy atom. The van der Waals surface area contributed by atoms with Crippen LogP contribution in [-0.2, 0) is 4.79 Å². The summed E-state index contributed by atoms with van der Waals surface area (Å²) in [5.74, 6) is 0.0186. The highest BCUT2D eigenvalue weighted by molar-refractivity contribution is 7.12. The minimum absolute atomic E-state index is 0.0887. The van der Waals surface area contributed by atoms with E-state index in [0.29, 0.717) is 13.0 Å². The molecule has 1 aliphatic rings. The zero-order valence-corrected chi connectivity index (χ0v) is 15.2. The average molecular weight is 357 g/mol. The van der Waals surface area contributed by atoms with Gasteiger partial charge in [-0.05, 0) is 36.1 Å². The second-order valence-electron chi connectivity index (χ2n) is 6.14. The summed E-state index contributed by atoms with van der Waals surface area (Å²) in [4.78, 5) is 29.3. The van der Waals surface area contributed by atoms with Gasteiger partial charge in [0.1, 0.15) is 0 Å². The van der Waals surface area contributed by atoms with Gasteiger partial charge in [0.15, 0.2) is 0 Å². The van der Waals surface area contributed by atoms with E-state index in [1.807, 2.05) is 41.5 Å². The Labute approximate surface area is 152 Å². The smallest absolute Gasteiger partial charge is 0.261 e. The predicted octanol–water partition coefficient (Wildman–Crippen LogP) is 2.53. The van der Waals surface area contributed by atoms with Gasteiger partial charge >= 0.3 is 0 Å². The van der Waals surface area contributed by atoms with E-state index in [9.17, 15) is 9.59 Å². The molecule has 0 saturated carbocycles. The van der Waals surface area contributed by atoms with Crippen molar-refractivity contribution in [2.45, 2.75) is 13.3 Å². The predicted molar refractivity (Wildman–Crippen MR) is 101 cm³/mol. The first-order valence-corrected chi connectivity index (χ1v) is 9.43. The normalized spacial score (nSPS) is 14.4. The van der Waals surface area contributed by atoms with Crippen molar-refractivity contribution in [3.63, 3.8) is 0 Å². The number of thiophene rings is 1. The summed E-state index contributed by atoms with van der Waals surface area (Å²) in [6, 6.07) is 12.2. The molecule has 1 aromatic heterocycles. The van der Waals surface area contributed by atoms with E-state index < -0.39 is 0 Å². The lowest BCUT2D eigenvalue weighted by Gasteiger charge is -2.36. The summed E-state index contributed by atoms with van der Waals surface area (Å²) in [6.45, 7) is 5.45. The van der Waals surface area contributed by atoms with Gasteiger partial charge in [-0.3, -0.25) is 9.59 Å². The molecule has 1 saturated heterocycles. The van der Waals surface area contributed by atoms with E-state index >= 15 is 0 Å². The maximum absolute atomic E-state index is 12.3. The summed E-state index contributed by atoms with van der Waals surface area (Å²) < 4.78 is 0. The number of nitrogens with one attached hydrogen (secondary N) is 1. The van der Waals surface area contributed by atoms with Gasteiger partial charge in [-0.25, -0.2) is 0 Å². The van der Waals surface area contributed by atoms with Gasteiger partial charge in [0.2, 0.25) is 5.91 Å². The zero-order valence-electron chi connectivity index (χ0n) is 14.4. The number of carbonyl (C=O) groups is 2. The molecule has 1 aromatic carbocycles. The highest BCUT2D eigenvalue weighted by atomic mass is 32.1. The Bertz CT molecular complexity index is 721. The van der Waals surface area contributed by atoms with E-state index in [-0.39, 0.29) is 11.8 Å². The average Bonchev–Trinajstić information content (AvgIpc) is 3.08. The Hall–Kier alpha value is -2.34. The molecule has 0 aliphatic carbocycles. The van der Waals surface area contributed by atoms with Crippen LogP contribution in [0.5, 0.6) is 0 Å². The van der Waals surface area contributed by atoms with Crippen molar-refractivity contribution < 1.29 is 9.59 Å². The molecule has 132 valence electrons. The quantitative estimate of drug-likeness (QED) is 0.895. The van der Waals surface area contributed by atoms with Crippen molar-refractivity contribution in [3.05, 3.63) is 52.2 Å². The van der Waals surface area contributed by atoms with Crippen LogP contribution in [0.1, 0.15) is 21.7 Å². The van der Waals surface area contributed by atoms with Crippen LogP contribution in [0.15, 0.2) is 41.8 Å². The van der Waals surface area contributed by atoms with E-state index in [2.05, 4.69) is 22.3 Å². The lowest BCUT2D eigenvalue weighted by atomic mass is 10.2. The summed E-state index contributed by atoms with van der Waals surface area (Å²) >= 11 is 1.43. The van der Waals surface area contributed by atoms with Crippen LogP contribution in [0.25, 0.3) is 0 Å². The molecular formula is C19H23N3O2S. The number of para-hydroxylation sites is 1. The third-order valence-corrected chi connectivity index (χ3v) is 5.46. The van der Waals surface area contributed by atoms with Gasteiger partial charge in [0.05, 0.1) is 4.88 Å². The molecule has 2 amide bonds. The molecule has 1 aliphatic heterocycles. The fourth-order valence-electron chi connectivity index (χ4n) is 2.98. The summed E-state index contributed by atoms with van der Waals surface area (Å²) in [5.41, 5.74) is 2.18. The molecule has 0 spiro atoms. The van der Waals surface area contributed by atoms with Crippen molar-refractivity contribution in [2.75, 3.05) is 37.6 Å². The minimum Gasteiger partial charge on any atom is -0.368 e. The second-order valence-corrected chi connectivity index (χ2v) is 7.06. The van der Waals surface area contributed by atoms with Crippen molar-refractivity contribution >= 4 is 28.8 Å². The van der Waals surface area contributed by atoms with Gasteiger partial charge in [-0.2, -0.15) is 0 Å². The molecule has 2 heterocycles. The zero-order chi connectivity index (χ0) is 17.6. The molecule has 25 heavy (non-hydrogen) atoms. The van der Waals surface area contributed by atoms with Crippen molar-refractivity contribution in [2.24, 2.45) is 0 Å². The van der Waals surface area contributed by atoms with Crippen LogP contribution in [0, 0.1) is 6.92 Å². The topological polar surface area (TPSA) is 52.7 Å². The first-order chi connectivity index (χ1) is 12.1. The Morgan fingerprint density at radius 1 is 1.08 bits per heavy atom. The van der Waals surface area contributed by atoms with Crippen LogP contribution in [0.3, 0.4) is 0 Å². The third kappa shape index (κ3) is 4.39. The third-order valence-electron chi connectivity index (χ3n) is 4.45. The number of carbonyl (C=O) groups excluding carboxylic acids is 2. The number of piperazine rings is 1. The van der Waals surface area contributed by atoms with Crippen LogP contribution in [0.2, 0.25) is 0 Å². The molecule has 5 nitrogen and oxygen atoms in total. The summed E-state index contributed by atoms with van der Waals surface area (Å²) in [7, 11) is 0. The highest BCUT2D eigenvalue weighted by Crippen LogP contribution is 2.16. The lowest BCUT2D eigenvalue weighted by Crippen LogP contribution is -2.49. The van der Waals surface area contributed by atoms with Gasteiger partial charge < -0.3 is 15.1 Å². The standard InChI is InChI=1S/C19H23N3O2S/c1-15-8-14-25-18(15)19(24)20-9-7-17(23)22-12-10-21(11-13-22)16-5-3-2-4-6-16/h2-6,8,14H,7,9-13H2,1H3,(H,20,24). The van der Waals surface area contributed by atoms with Gasteiger partial charge in [-0.1, -0.05) is 18.2 Å². The molecule has 6 heteroatoms. The molecular weight excluding hydrogens is 334 g/mol. The monoisotopic (exact) mass is 357 g/mol. The Kier molecular flexibility index (Phi) is 5.71. The molecule has 0 bridgehead atoms. The first kappa shape index (κ1) is 17.5. The number of aryl methyl sites for hydroxylation is 1. The van der Waals surface area contributed by atoms with Crippen LogP contribution in [-0.4, -0.2) is 49.4 Å². The van der Waals surface area contributed by atoms with Crippen molar-refractivity contribution in [3.8, 4) is 0 Å². The van der Waals surface area contributed by atoms with E-state index in [4.69, 9.17) is 0 Å². The molecule has 0 unspecified atom stereocenters. The SMILES string of the molecule is Cc1ccsc1C(=O)NCCC(=O)N1CCN(c2ccccc2)CC1. The van der Waals surface area contributed by atoms with Gasteiger partial charge in [-0.15, -0.1) is 11.3 Å². The van der Waals surface area contributed by atoms with E-state index in [1.54, 1.807) is 0 Å². The molecule has 0 radical (unpaired) electrons.